The number of carbonyl (C=O) groups is 2. The summed E-state index contributed by atoms with van der Waals surface area (Å²) >= 11 is 0. The number of nitrogens with zero attached hydrogens (tertiary/aromatic N) is 1. The van der Waals surface area contributed by atoms with E-state index >= 15 is 0 Å². The van der Waals surface area contributed by atoms with E-state index in [-0.39, 0.29) is 23.9 Å². The van der Waals surface area contributed by atoms with Crippen LogP contribution in [0, 0.1) is 11.8 Å². The van der Waals surface area contributed by atoms with E-state index in [1.807, 2.05) is 6.92 Å². The van der Waals surface area contributed by atoms with Gasteiger partial charge in [-0.3, -0.25) is 9.59 Å². The van der Waals surface area contributed by atoms with Crippen LogP contribution in [-0.2, 0) is 17.5 Å². The Balaban J connectivity index is 1.72. The minimum Gasteiger partial charge on any atom is -0.337 e. The Labute approximate surface area is 161 Å². The largest absolute Gasteiger partial charge is 0.416 e. The highest BCUT2D eigenvalue weighted by Gasteiger charge is 2.39. The summed E-state index contributed by atoms with van der Waals surface area (Å²) in [6.07, 6.45) is -3.63. The molecule has 1 saturated carbocycles. The van der Waals surface area contributed by atoms with Crippen molar-refractivity contribution in [2.75, 3.05) is 12.4 Å². The molecule has 0 bridgehead atoms. The van der Waals surface area contributed by atoms with Crippen LogP contribution in [0.5, 0.6) is 0 Å². The number of halogens is 3. The van der Waals surface area contributed by atoms with Gasteiger partial charge in [-0.1, -0.05) is 31.2 Å². The highest BCUT2D eigenvalue weighted by molar-refractivity contribution is 5.98. The molecule has 0 spiro atoms. The second-order valence-electron chi connectivity index (χ2n) is 7.21. The molecule has 148 valence electrons. The first-order valence-corrected chi connectivity index (χ1v) is 8.98. The van der Waals surface area contributed by atoms with Gasteiger partial charge in [0.05, 0.1) is 5.56 Å². The van der Waals surface area contributed by atoms with E-state index in [2.05, 4.69) is 5.32 Å². The zero-order valence-electron chi connectivity index (χ0n) is 15.6. The van der Waals surface area contributed by atoms with Crippen molar-refractivity contribution in [1.29, 1.82) is 0 Å². The number of carbonyl (C=O) groups excluding carboxylic acids is 2. The van der Waals surface area contributed by atoms with Crippen molar-refractivity contribution >= 4 is 17.5 Å². The molecule has 1 N–H and O–H groups in total. The van der Waals surface area contributed by atoms with Crippen LogP contribution in [0.15, 0.2) is 48.5 Å². The first kappa shape index (κ1) is 19.9. The molecule has 2 unspecified atom stereocenters. The summed E-state index contributed by atoms with van der Waals surface area (Å²) in [5.41, 5.74) is 0.0694. The summed E-state index contributed by atoms with van der Waals surface area (Å²) < 4.78 is 39.5. The van der Waals surface area contributed by atoms with E-state index < -0.39 is 17.6 Å². The van der Waals surface area contributed by atoms with Crippen LogP contribution in [0.1, 0.15) is 34.8 Å². The van der Waals surface area contributed by atoms with Crippen LogP contribution in [0.25, 0.3) is 0 Å². The lowest BCUT2D eigenvalue weighted by Gasteiger charge is -2.20. The third-order valence-corrected chi connectivity index (χ3v) is 4.90. The molecule has 2 aromatic carbocycles. The molecule has 28 heavy (non-hydrogen) atoms. The number of rotatable bonds is 5. The predicted molar refractivity (Wildman–Crippen MR) is 99.6 cm³/mol. The minimum absolute atomic E-state index is 0.000835. The van der Waals surface area contributed by atoms with Crippen LogP contribution in [-0.4, -0.2) is 23.8 Å². The molecule has 0 aliphatic heterocycles. The topological polar surface area (TPSA) is 49.4 Å². The highest BCUT2D eigenvalue weighted by atomic mass is 19.4. The molecule has 0 heterocycles. The molecule has 1 fully saturated rings. The fraction of sp³-hybridized carbons (Fsp3) is 0.333. The molecule has 1 aliphatic carbocycles. The lowest BCUT2D eigenvalue weighted by Crippen LogP contribution is -2.27. The molecule has 3 rings (SSSR count). The van der Waals surface area contributed by atoms with Gasteiger partial charge in [0, 0.05) is 30.8 Å². The first-order chi connectivity index (χ1) is 13.2. The smallest absolute Gasteiger partial charge is 0.337 e. The van der Waals surface area contributed by atoms with Gasteiger partial charge in [0.15, 0.2) is 0 Å². The third-order valence-electron chi connectivity index (χ3n) is 4.90. The molecular weight excluding hydrogens is 369 g/mol. The van der Waals surface area contributed by atoms with Crippen LogP contribution >= 0.6 is 0 Å². The lowest BCUT2D eigenvalue weighted by molar-refractivity contribution is -0.138. The summed E-state index contributed by atoms with van der Waals surface area (Å²) in [4.78, 5) is 26.0. The van der Waals surface area contributed by atoms with E-state index in [1.54, 1.807) is 24.3 Å². The second kappa shape index (κ2) is 7.66. The Morgan fingerprint density at radius 3 is 2.46 bits per heavy atom. The fourth-order valence-corrected chi connectivity index (χ4v) is 3.13. The van der Waals surface area contributed by atoms with Gasteiger partial charge < -0.3 is 10.2 Å². The van der Waals surface area contributed by atoms with Gasteiger partial charge in [-0.25, -0.2) is 0 Å². The van der Waals surface area contributed by atoms with Gasteiger partial charge in [-0.15, -0.1) is 0 Å². The van der Waals surface area contributed by atoms with E-state index in [1.165, 1.54) is 30.1 Å². The van der Waals surface area contributed by atoms with Crippen LogP contribution in [0.4, 0.5) is 18.9 Å². The van der Waals surface area contributed by atoms with Crippen molar-refractivity contribution in [2.24, 2.45) is 11.8 Å². The molecule has 7 heteroatoms. The lowest BCUT2D eigenvalue weighted by atomic mass is 10.1. The zero-order chi connectivity index (χ0) is 20.5. The van der Waals surface area contributed by atoms with Crippen LogP contribution in [0.3, 0.4) is 0 Å². The molecule has 4 nitrogen and oxygen atoms in total. The van der Waals surface area contributed by atoms with Gasteiger partial charge in [-0.2, -0.15) is 13.2 Å². The number of anilines is 1. The molecule has 2 atom stereocenters. The normalized spacial score (nSPS) is 18.5. The Morgan fingerprint density at radius 2 is 1.82 bits per heavy atom. The monoisotopic (exact) mass is 390 g/mol. The molecule has 0 radical (unpaired) electrons. The van der Waals surface area contributed by atoms with E-state index in [0.717, 1.165) is 12.5 Å². The van der Waals surface area contributed by atoms with Gasteiger partial charge in [0.1, 0.15) is 0 Å². The molecule has 2 aromatic rings. The summed E-state index contributed by atoms with van der Waals surface area (Å²) in [5.74, 6) is -0.136. The summed E-state index contributed by atoms with van der Waals surface area (Å²) in [7, 11) is 1.45. The average molecular weight is 390 g/mol. The standard InChI is InChI=1S/C21H21F3N2O2/c1-13-10-17(13)19(27)25-16-8-5-7-14(11-16)20(28)26(2)12-15-6-3-4-9-18(15)21(22,23)24/h3-9,11,13,17H,10,12H2,1-2H3,(H,25,27). The number of alkyl halides is 3. The Bertz CT molecular complexity index is 895. The third kappa shape index (κ3) is 4.52. The highest BCUT2D eigenvalue weighted by Crippen LogP contribution is 2.38. The SMILES string of the molecule is CC1CC1C(=O)Nc1cccc(C(=O)N(C)Cc2ccccc2C(F)(F)F)c1. The van der Waals surface area contributed by atoms with Crippen LogP contribution < -0.4 is 5.32 Å². The van der Waals surface area contributed by atoms with Crippen molar-refractivity contribution in [3.63, 3.8) is 0 Å². The number of benzene rings is 2. The maximum absolute atomic E-state index is 13.2. The molecule has 0 aromatic heterocycles. The maximum atomic E-state index is 13.2. The Morgan fingerprint density at radius 1 is 1.14 bits per heavy atom. The molecule has 1 aliphatic rings. The van der Waals surface area contributed by atoms with Crippen molar-refractivity contribution in [2.45, 2.75) is 26.1 Å². The summed E-state index contributed by atoms with van der Waals surface area (Å²) in [6.45, 7) is 1.82. The van der Waals surface area contributed by atoms with Gasteiger partial charge >= 0.3 is 6.18 Å². The van der Waals surface area contributed by atoms with Gasteiger partial charge in [0.2, 0.25) is 5.91 Å². The van der Waals surface area contributed by atoms with Gasteiger partial charge in [-0.05, 0) is 42.2 Å². The molecule has 0 saturated heterocycles. The van der Waals surface area contributed by atoms with Crippen molar-refractivity contribution < 1.29 is 22.8 Å². The second-order valence-corrected chi connectivity index (χ2v) is 7.21. The van der Waals surface area contributed by atoms with Crippen molar-refractivity contribution in [3.8, 4) is 0 Å². The zero-order valence-corrected chi connectivity index (χ0v) is 15.6. The summed E-state index contributed by atoms with van der Waals surface area (Å²) in [5, 5.41) is 2.79. The fourth-order valence-electron chi connectivity index (χ4n) is 3.13. The average Bonchev–Trinajstić information content (AvgIpc) is 3.38. The maximum Gasteiger partial charge on any atom is 0.416 e. The van der Waals surface area contributed by atoms with E-state index in [4.69, 9.17) is 0 Å². The van der Waals surface area contributed by atoms with Gasteiger partial charge in [0.25, 0.3) is 5.91 Å². The predicted octanol–water partition coefficient (Wildman–Crippen LogP) is 4.57. The van der Waals surface area contributed by atoms with E-state index in [0.29, 0.717) is 17.2 Å². The number of nitrogens with one attached hydrogen (secondary N) is 1. The Hall–Kier alpha value is -2.83. The Kier molecular flexibility index (Phi) is 5.45. The quantitative estimate of drug-likeness (QED) is 0.813. The molecular formula is C21H21F3N2O2. The van der Waals surface area contributed by atoms with E-state index in [9.17, 15) is 22.8 Å². The number of hydrogen-bond donors (Lipinski definition) is 1. The van der Waals surface area contributed by atoms with Crippen LogP contribution in [0.2, 0.25) is 0 Å². The van der Waals surface area contributed by atoms with Crippen molar-refractivity contribution in [1.82, 2.24) is 4.90 Å². The minimum atomic E-state index is -4.48. The molecule has 2 amide bonds. The number of amides is 2. The first-order valence-electron chi connectivity index (χ1n) is 8.98. The summed E-state index contributed by atoms with van der Waals surface area (Å²) in [6, 6.07) is 11.6. The number of hydrogen-bond acceptors (Lipinski definition) is 2. The van der Waals surface area contributed by atoms with Crippen molar-refractivity contribution in [3.05, 3.63) is 65.2 Å².